The summed E-state index contributed by atoms with van der Waals surface area (Å²) in [7, 11) is 0. The summed E-state index contributed by atoms with van der Waals surface area (Å²) in [4.78, 5) is 61.4. The number of benzene rings is 1. The Hall–Kier alpha value is -3.03. The smallest absolute Gasteiger partial charge is 0.334 e. The van der Waals surface area contributed by atoms with E-state index >= 15 is 0 Å². The molecule has 0 unspecified atom stereocenters. The van der Waals surface area contributed by atoms with E-state index in [9.17, 15) is 24.0 Å². The van der Waals surface area contributed by atoms with Gasteiger partial charge in [-0.2, -0.15) is 0 Å². The highest BCUT2D eigenvalue weighted by atomic mass is 16.2. The van der Waals surface area contributed by atoms with Crippen LogP contribution in [0, 0.1) is 0 Å². The van der Waals surface area contributed by atoms with Crippen molar-refractivity contribution in [2.24, 2.45) is 0 Å². The monoisotopic (exact) mass is 359 g/mol. The molecule has 26 heavy (non-hydrogen) atoms. The van der Waals surface area contributed by atoms with Gasteiger partial charge in [0, 0.05) is 6.04 Å². The van der Waals surface area contributed by atoms with Crippen LogP contribution in [0.5, 0.6) is 0 Å². The summed E-state index contributed by atoms with van der Waals surface area (Å²) < 4.78 is 0. The van der Waals surface area contributed by atoms with Gasteiger partial charge >= 0.3 is 17.8 Å². The number of imide groups is 2. The molecule has 0 spiro atoms. The van der Waals surface area contributed by atoms with Gasteiger partial charge in [-0.3, -0.25) is 24.1 Å². The summed E-state index contributed by atoms with van der Waals surface area (Å²) in [6, 6.07) is 7.04. The number of carbonyl (C=O) groups excluding carboxylic acids is 5. The van der Waals surface area contributed by atoms with E-state index in [4.69, 9.17) is 0 Å². The normalized spacial score (nSPS) is 15.6. The predicted molar refractivity (Wildman–Crippen MR) is 91.8 cm³/mol. The van der Waals surface area contributed by atoms with Crippen molar-refractivity contribution in [2.75, 3.05) is 6.54 Å². The summed E-state index contributed by atoms with van der Waals surface area (Å²) in [5.74, 6) is -2.92. The number of urea groups is 1. The van der Waals surface area contributed by atoms with E-state index in [2.05, 4.69) is 5.32 Å². The van der Waals surface area contributed by atoms with Crippen molar-refractivity contribution >= 4 is 29.5 Å². The number of carbonyl (C=O) groups is 5. The SMILES string of the molecule is CC(=O)[C@H](Cc1ccccc1)NC(=O)CN1C(=O)C(=O)N(C(C)C)C1=O. The summed E-state index contributed by atoms with van der Waals surface area (Å²) in [6.45, 7) is 3.94. The van der Waals surface area contributed by atoms with Crippen molar-refractivity contribution < 1.29 is 24.0 Å². The highest BCUT2D eigenvalue weighted by Gasteiger charge is 2.46. The molecule has 8 heteroatoms. The highest BCUT2D eigenvalue weighted by molar-refractivity contribution is 6.45. The second-order valence-corrected chi connectivity index (χ2v) is 6.36. The van der Waals surface area contributed by atoms with Crippen LogP contribution in [0.4, 0.5) is 4.79 Å². The minimum atomic E-state index is -1.04. The number of nitrogens with one attached hydrogen (secondary N) is 1. The number of rotatable bonds is 7. The molecule has 138 valence electrons. The van der Waals surface area contributed by atoms with E-state index in [-0.39, 0.29) is 5.78 Å². The molecule has 0 saturated carbocycles. The second-order valence-electron chi connectivity index (χ2n) is 6.36. The van der Waals surface area contributed by atoms with Gasteiger partial charge in [0.15, 0.2) is 5.78 Å². The van der Waals surface area contributed by atoms with Gasteiger partial charge in [-0.15, -0.1) is 0 Å². The quantitative estimate of drug-likeness (QED) is 0.564. The first-order valence-electron chi connectivity index (χ1n) is 8.25. The molecule has 1 N–H and O–H groups in total. The minimum Gasteiger partial charge on any atom is -0.344 e. The number of ketones is 1. The molecule has 1 fully saturated rings. The lowest BCUT2D eigenvalue weighted by molar-refractivity contribution is -0.144. The maximum absolute atomic E-state index is 12.2. The molecule has 5 amide bonds. The fourth-order valence-electron chi connectivity index (χ4n) is 2.65. The average Bonchev–Trinajstić information content (AvgIpc) is 2.78. The molecule has 1 aromatic carbocycles. The molecule has 0 aliphatic carbocycles. The molecule has 8 nitrogen and oxygen atoms in total. The van der Waals surface area contributed by atoms with Crippen LogP contribution in [-0.4, -0.2) is 58.0 Å². The van der Waals surface area contributed by atoms with Gasteiger partial charge in [-0.25, -0.2) is 9.69 Å². The average molecular weight is 359 g/mol. The molecule has 0 bridgehead atoms. The van der Waals surface area contributed by atoms with Gasteiger partial charge in [0.1, 0.15) is 6.54 Å². The largest absolute Gasteiger partial charge is 0.344 e. The Balaban J connectivity index is 2.04. The van der Waals surface area contributed by atoms with E-state index in [0.717, 1.165) is 10.5 Å². The van der Waals surface area contributed by atoms with Crippen molar-refractivity contribution in [2.45, 2.75) is 39.3 Å². The Labute approximate surface area is 151 Å². The number of hydrogen-bond donors (Lipinski definition) is 1. The fourth-order valence-corrected chi connectivity index (χ4v) is 2.65. The van der Waals surface area contributed by atoms with E-state index < -0.39 is 42.4 Å². The topological polar surface area (TPSA) is 104 Å². The van der Waals surface area contributed by atoms with Crippen LogP contribution in [0.15, 0.2) is 30.3 Å². The van der Waals surface area contributed by atoms with Gasteiger partial charge in [-0.05, 0) is 32.8 Å². The van der Waals surface area contributed by atoms with Crippen molar-refractivity contribution in [3.63, 3.8) is 0 Å². The lowest BCUT2D eigenvalue weighted by Gasteiger charge is -2.20. The van der Waals surface area contributed by atoms with Crippen LogP contribution < -0.4 is 5.32 Å². The zero-order chi connectivity index (χ0) is 19.4. The van der Waals surface area contributed by atoms with Gasteiger partial charge < -0.3 is 5.32 Å². The first kappa shape index (κ1) is 19.3. The van der Waals surface area contributed by atoms with Crippen LogP contribution in [0.1, 0.15) is 26.3 Å². The Morgan fingerprint density at radius 2 is 1.65 bits per heavy atom. The molecule has 0 radical (unpaired) electrons. The summed E-state index contributed by atoms with van der Waals surface area (Å²) in [5.41, 5.74) is 0.863. The zero-order valence-electron chi connectivity index (χ0n) is 14.9. The van der Waals surface area contributed by atoms with Gasteiger partial charge in [0.25, 0.3) is 0 Å². The molecular weight excluding hydrogens is 338 g/mol. The lowest BCUT2D eigenvalue weighted by Crippen LogP contribution is -2.47. The molecule has 1 aliphatic rings. The lowest BCUT2D eigenvalue weighted by atomic mass is 10.0. The van der Waals surface area contributed by atoms with Crippen LogP contribution in [0.2, 0.25) is 0 Å². The predicted octanol–water partition coefficient (Wildman–Crippen LogP) is 0.502. The Morgan fingerprint density at radius 1 is 1.04 bits per heavy atom. The molecule has 0 aromatic heterocycles. The molecule has 1 heterocycles. The molecule has 1 atom stereocenters. The molecule has 1 aromatic rings. The first-order valence-corrected chi connectivity index (χ1v) is 8.25. The summed E-state index contributed by atoms with van der Waals surface area (Å²) >= 11 is 0. The molecule has 1 aliphatic heterocycles. The third-order valence-corrected chi connectivity index (χ3v) is 4.01. The highest BCUT2D eigenvalue weighted by Crippen LogP contribution is 2.15. The van der Waals surface area contributed by atoms with Crippen LogP contribution in [-0.2, 0) is 25.6 Å². The van der Waals surface area contributed by atoms with Crippen molar-refractivity contribution in [3.05, 3.63) is 35.9 Å². The minimum absolute atomic E-state index is 0.249. The van der Waals surface area contributed by atoms with Crippen molar-refractivity contribution in [1.29, 1.82) is 0 Å². The van der Waals surface area contributed by atoms with Crippen molar-refractivity contribution in [1.82, 2.24) is 15.1 Å². The van der Waals surface area contributed by atoms with Gasteiger partial charge in [0.05, 0.1) is 6.04 Å². The Bertz CT molecular complexity index is 744. The molecular formula is C18H21N3O5. The number of hydrogen-bond acceptors (Lipinski definition) is 5. The van der Waals surface area contributed by atoms with Crippen LogP contribution >= 0.6 is 0 Å². The Kier molecular flexibility index (Phi) is 5.86. The number of Topliss-reactive ketones (excluding diaryl/α,β-unsaturated/α-hetero) is 1. The Morgan fingerprint density at radius 3 is 2.15 bits per heavy atom. The third-order valence-electron chi connectivity index (χ3n) is 4.01. The third kappa shape index (κ3) is 4.14. The maximum Gasteiger partial charge on any atom is 0.334 e. The first-order chi connectivity index (χ1) is 12.2. The second kappa shape index (κ2) is 7.90. The summed E-state index contributed by atoms with van der Waals surface area (Å²) in [6.07, 6.45) is 0.293. The summed E-state index contributed by atoms with van der Waals surface area (Å²) in [5, 5.41) is 2.53. The van der Waals surface area contributed by atoms with E-state index in [0.29, 0.717) is 11.3 Å². The standard InChI is InChI=1S/C18H21N3O5/c1-11(2)21-17(25)16(24)20(18(21)26)10-15(23)19-14(12(3)22)9-13-7-5-4-6-8-13/h4-8,11,14H,9-10H2,1-3H3,(H,19,23)/t14-/m0/s1. The van der Waals surface area contributed by atoms with Gasteiger partial charge in [-0.1, -0.05) is 30.3 Å². The molecule has 1 saturated heterocycles. The number of nitrogens with zero attached hydrogens (tertiary/aromatic N) is 2. The van der Waals surface area contributed by atoms with Crippen LogP contribution in [0.25, 0.3) is 0 Å². The van der Waals surface area contributed by atoms with Crippen LogP contribution in [0.3, 0.4) is 0 Å². The van der Waals surface area contributed by atoms with E-state index in [1.807, 2.05) is 30.3 Å². The van der Waals surface area contributed by atoms with E-state index in [1.54, 1.807) is 13.8 Å². The van der Waals surface area contributed by atoms with E-state index in [1.165, 1.54) is 6.92 Å². The van der Waals surface area contributed by atoms with Gasteiger partial charge in [0.2, 0.25) is 5.91 Å². The fraction of sp³-hybridized carbons (Fsp3) is 0.389. The maximum atomic E-state index is 12.2. The molecule has 2 rings (SSSR count). The zero-order valence-corrected chi connectivity index (χ0v) is 14.9. The number of amides is 5. The van der Waals surface area contributed by atoms with Crippen molar-refractivity contribution in [3.8, 4) is 0 Å².